The molecule has 0 bridgehead atoms. The van der Waals surface area contributed by atoms with Crippen molar-refractivity contribution in [2.45, 2.75) is 17.6 Å². The van der Waals surface area contributed by atoms with Crippen molar-refractivity contribution in [3.63, 3.8) is 0 Å². The summed E-state index contributed by atoms with van der Waals surface area (Å²) in [6.45, 7) is 2.23. The van der Waals surface area contributed by atoms with E-state index < -0.39 is 10.0 Å². The van der Waals surface area contributed by atoms with Crippen LogP contribution >= 0.6 is 11.3 Å². The zero-order valence-corrected chi connectivity index (χ0v) is 13.1. The third-order valence-corrected chi connectivity index (χ3v) is 5.81. The second-order valence-corrected chi connectivity index (χ2v) is 7.61. The van der Waals surface area contributed by atoms with E-state index in [1.807, 2.05) is 31.2 Å². The van der Waals surface area contributed by atoms with E-state index in [0.717, 1.165) is 16.2 Å². The summed E-state index contributed by atoms with van der Waals surface area (Å²) in [6, 6.07) is 11.0. The Morgan fingerprint density at radius 3 is 2.60 bits per heavy atom. The zero-order chi connectivity index (χ0) is 14.6. The Balaban J connectivity index is 1.99. The van der Waals surface area contributed by atoms with Crippen LogP contribution in [0.1, 0.15) is 10.4 Å². The third-order valence-electron chi connectivity index (χ3n) is 2.86. The molecule has 0 saturated carbocycles. The molecular weight excluding hydrogens is 294 g/mol. The van der Waals surface area contributed by atoms with Crippen molar-refractivity contribution in [3.05, 3.63) is 46.8 Å². The van der Waals surface area contributed by atoms with Crippen LogP contribution in [0.2, 0.25) is 0 Å². The van der Waals surface area contributed by atoms with Crippen molar-refractivity contribution in [3.8, 4) is 5.75 Å². The molecule has 0 fully saturated rings. The fraction of sp³-hybridized carbons (Fsp3) is 0.286. The van der Waals surface area contributed by atoms with Gasteiger partial charge in [-0.15, -0.1) is 11.3 Å². The molecule has 1 N–H and O–H groups in total. The maximum absolute atomic E-state index is 12.1. The van der Waals surface area contributed by atoms with E-state index in [9.17, 15) is 8.42 Å². The van der Waals surface area contributed by atoms with Crippen molar-refractivity contribution in [2.75, 3.05) is 13.7 Å². The number of hydrogen-bond donors (Lipinski definition) is 1. The number of sulfonamides is 1. The highest BCUT2D eigenvalue weighted by Gasteiger charge is 2.15. The number of rotatable bonds is 6. The van der Waals surface area contributed by atoms with Crippen LogP contribution in [0.3, 0.4) is 0 Å². The Bertz CT molecular complexity index is 677. The maximum atomic E-state index is 12.1. The molecule has 0 aliphatic heterocycles. The molecule has 0 amide bonds. The number of benzene rings is 1. The van der Waals surface area contributed by atoms with Gasteiger partial charge in [0.1, 0.15) is 9.96 Å². The van der Waals surface area contributed by atoms with Gasteiger partial charge in [0.05, 0.1) is 7.11 Å². The summed E-state index contributed by atoms with van der Waals surface area (Å²) < 4.78 is 32.3. The minimum atomic E-state index is -3.40. The molecular formula is C14H17NO3S2. The highest BCUT2D eigenvalue weighted by atomic mass is 32.2. The number of nitrogens with one attached hydrogen (secondary N) is 1. The van der Waals surface area contributed by atoms with Crippen LogP contribution in [-0.2, 0) is 16.4 Å². The average Bonchev–Trinajstić information content (AvgIpc) is 2.87. The standard InChI is InChI=1S/C14H17NO3S2/c1-11-7-8-14(19-11)20(16,17)15-10-9-12-5-3-4-6-13(12)18-2/h3-8,15H,9-10H2,1-2H3. The summed E-state index contributed by atoms with van der Waals surface area (Å²) in [4.78, 5) is 0.982. The SMILES string of the molecule is COc1ccccc1CCNS(=O)(=O)c1ccc(C)s1. The highest BCUT2D eigenvalue weighted by molar-refractivity contribution is 7.91. The Morgan fingerprint density at radius 1 is 1.20 bits per heavy atom. The number of methoxy groups -OCH3 is 1. The molecule has 108 valence electrons. The molecule has 1 heterocycles. The Hall–Kier alpha value is -1.37. The summed E-state index contributed by atoms with van der Waals surface area (Å²) in [5.74, 6) is 0.777. The van der Waals surface area contributed by atoms with Crippen LogP contribution in [0.25, 0.3) is 0 Å². The van der Waals surface area contributed by atoms with Gasteiger partial charge in [-0.3, -0.25) is 0 Å². The summed E-state index contributed by atoms with van der Waals surface area (Å²) >= 11 is 1.27. The van der Waals surface area contributed by atoms with Gasteiger partial charge in [0.2, 0.25) is 10.0 Å². The van der Waals surface area contributed by atoms with Crippen LogP contribution in [0.5, 0.6) is 5.75 Å². The minimum absolute atomic E-state index is 0.347. The summed E-state index contributed by atoms with van der Waals surface area (Å²) in [7, 11) is -1.79. The lowest BCUT2D eigenvalue weighted by molar-refractivity contribution is 0.409. The summed E-state index contributed by atoms with van der Waals surface area (Å²) in [5, 5.41) is 0. The molecule has 0 atom stereocenters. The van der Waals surface area contributed by atoms with E-state index >= 15 is 0 Å². The van der Waals surface area contributed by atoms with Gasteiger partial charge in [-0.2, -0.15) is 0 Å². The predicted octanol–water partition coefficient (Wildman–Crippen LogP) is 2.59. The first kappa shape index (κ1) is 15.0. The van der Waals surface area contributed by atoms with E-state index in [1.165, 1.54) is 11.3 Å². The lowest BCUT2D eigenvalue weighted by atomic mass is 10.1. The Morgan fingerprint density at radius 2 is 1.95 bits per heavy atom. The van der Waals surface area contributed by atoms with E-state index in [1.54, 1.807) is 19.2 Å². The van der Waals surface area contributed by atoms with Gasteiger partial charge in [0.15, 0.2) is 0 Å². The third kappa shape index (κ3) is 3.59. The van der Waals surface area contributed by atoms with Crippen molar-refractivity contribution >= 4 is 21.4 Å². The normalized spacial score (nSPS) is 11.5. The van der Waals surface area contributed by atoms with Crippen molar-refractivity contribution < 1.29 is 13.2 Å². The number of ether oxygens (including phenoxy) is 1. The first-order valence-corrected chi connectivity index (χ1v) is 8.51. The topological polar surface area (TPSA) is 55.4 Å². The van der Waals surface area contributed by atoms with Crippen LogP contribution in [0.4, 0.5) is 0 Å². The van der Waals surface area contributed by atoms with Crippen molar-refractivity contribution in [1.82, 2.24) is 4.72 Å². The Labute approximate surface area is 123 Å². The van der Waals surface area contributed by atoms with Gasteiger partial charge in [-0.25, -0.2) is 13.1 Å². The molecule has 1 aromatic carbocycles. The molecule has 0 spiro atoms. The maximum Gasteiger partial charge on any atom is 0.250 e. The first-order chi connectivity index (χ1) is 9.53. The van der Waals surface area contributed by atoms with Gasteiger partial charge < -0.3 is 4.74 Å². The molecule has 0 unspecified atom stereocenters. The molecule has 20 heavy (non-hydrogen) atoms. The molecule has 2 rings (SSSR count). The van der Waals surface area contributed by atoms with Crippen molar-refractivity contribution in [2.24, 2.45) is 0 Å². The molecule has 0 radical (unpaired) electrons. The number of para-hydroxylation sites is 1. The number of aryl methyl sites for hydroxylation is 1. The van der Waals surface area contributed by atoms with Crippen molar-refractivity contribution in [1.29, 1.82) is 0 Å². The molecule has 1 aromatic heterocycles. The second-order valence-electron chi connectivity index (χ2n) is 4.32. The summed E-state index contributed by atoms with van der Waals surface area (Å²) in [6.07, 6.45) is 0.591. The van der Waals surface area contributed by atoms with Gasteiger partial charge in [0.25, 0.3) is 0 Å². The predicted molar refractivity (Wildman–Crippen MR) is 80.9 cm³/mol. The smallest absolute Gasteiger partial charge is 0.250 e. The fourth-order valence-electron chi connectivity index (χ4n) is 1.86. The average molecular weight is 311 g/mol. The highest BCUT2D eigenvalue weighted by Crippen LogP contribution is 2.21. The van der Waals surface area contributed by atoms with Gasteiger partial charge in [-0.1, -0.05) is 18.2 Å². The second kappa shape index (κ2) is 6.39. The van der Waals surface area contributed by atoms with Crippen LogP contribution in [0.15, 0.2) is 40.6 Å². The van der Waals surface area contributed by atoms with Gasteiger partial charge in [-0.05, 0) is 37.1 Å². The lowest BCUT2D eigenvalue weighted by Gasteiger charge is -2.08. The van der Waals surface area contributed by atoms with Crippen LogP contribution < -0.4 is 9.46 Å². The molecule has 0 aliphatic rings. The monoisotopic (exact) mass is 311 g/mol. The minimum Gasteiger partial charge on any atom is -0.496 e. The number of thiophene rings is 1. The lowest BCUT2D eigenvalue weighted by Crippen LogP contribution is -2.25. The van der Waals surface area contributed by atoms with E-state index in [2.05, 4.69) is 4.72 Å². The Kier molecular flexibility index (Phi) is 4.80. The molecule has 6 heteroatoms. The van der Waals surface area contributed by atoms with E-state index in [0.29, 0.717) is 17.2 Å². The van der Waals surface area contributed by atoms with E-state index in [4.69, 9.17) is 4.74 Å². The summed E-state index contributed by atoms with van der Waals surface area (Å²) in [5.41, 5.74) is 0.986. The largest absolute Gasteiger partial charge is 0.496 e. The first-order valence-electron chi connectivity index (χ1n) is 6.21. The fourth-order valence-corrected chi connectivity index (χ4v) is 4.22. The van der Waals surface area contributed by atoms with Gasteiger partial charge in [0, 0.05) is 11.4 Å². The molecule has 2 aromatic rings. The quantitative estimate of drug-likeness (QED) is 0.892. The van der Waals surface area contributed by atoms with E-state index in [-0.39, 0.29) is 0 Å². The van der Waals surface area contributed by atoms with Crippen LogP contribution in [-0.4, -0.2) is 22.1 Å². The molecule has 0 aliphatic carbocycles. The molecule has 0 saturated heterocycles. The molecule has 4 nitrogen and oxygen atoms in total. The number of hydrogen-bond acceptors (Lipinski definition) is 4. The van der Waals surface area contributed by atoms with Crippen LogP contribution in [0, 0.1) is 6.92 Å². The van der Waals surface area contributed by atoms with Gasteiger partial charge >= 0.3 is 0 Å². The zero-order valence-electron chi connectivity index (χ0n) is 11.4.